The fraction of sp³-hybridized carbons (Fsp3) is 0.667. The molecule has 102 valence electrons. The van der Waals surface area contributed by atoms with Crippen LogP contribution in [0.5, 0.6) is 0 Å². The molecule has 0 atom stereocenters. The molecular formula is C12H21N3O2S. The molecule has 0 amide bonds. The van der Waals surface area contributed by atoms with Crippen LogP contribution in [0.3, 0.4) is 0 Å². The highest BCUT2D eigenvalue weighted by molar-refractivity contribution is 7.89. The van der Waals surface area contributed by atoms with Gasteiger partial charge in [-0.3, -0.25) is 0 Å². The highest BCUT2D eigenvalue weighted by atomic mass is 32.2. The molecule has 0 aliphatic heterocycles. The van der Waals surface area contributed by atoms with Crippen LogP contribution in [0.2, 0.25) is 0 Å². The first-order chi connectivity index (χ1) is 8.53. The number of hydrogen-bond donors (Lipinski definition) is 2. The summed E-state index contributed by atoms with van der Waals surface area (Å²) in [6.07, 6.45) is 3.95. The van der Waals surface area contributed by atoms with E-state index in [0.717, 1.165) is 25.1 Å². The summed E-state index contributed by atoms with van der Waals surface area (Å²) in [4.78, 5) is 0.360. The molecule has 0 saturated heterocycles. The maximum absolute atomic E-state index is 12.1. The number of hydrogen-bond acceptors (Lipinski definition) is 3. The number of nitrogens with one attached hydrogen (secondary N) is 2. The lowest BCUT2D eigenvalue weighted by Crippen LogP contribution is -2.25. The first-order valence-electron chi connectivity index (χ1n) is 6.38. The molecule has 1 aliphatic rings. The average molecular weight is 271 g/mol. The Morgan fingerprint density at radius 2 is 2.17 bits per heavy atom. The minimum Gasteiger partial charge on any atom is -0.352 e. The van der Waals surface area contributed by atoms with Gasteiger partial charge in [0.1, 0.15) is 0 Å². The van der Waals surface area contributed by atoms with Gasteiger partial charge in [-0.2, -0.15) is 0 Å². The molecule has 18 heavy (non-hydrogen) atoms. The van der Waals surface area contributed by atoms with Crippen LogP contribution in [0.15, 0.2) is 17.2 Å². The van der Waals surface area contributed by atoms with Crippen molar-refractivity contribution in [1.82, 2.24) is 14.6 Å². The van der Waals surface area contributed by atoms with Crippen LogP contribution < -0.4 is 10.0 Å². The predicted octanol–water partition coefficient (Wildman–Crippen LogP) is 0.823. The smallest absolute Gasteiger partial charge is 0.242 e. The Kier molecular flexibility index (Phi) is 4.09. The summed E-state index contributed by atoms with van der Waals surface area (Å²) in [5.41, 5.74) is 0.976. The standard InChI is InChI=1S/C12H21N3O2S/c1-3-13-8-11-6-12(9-15(11)2)18(16,17)14-7-10-4-5-10/h6,9-10,13-14H,3-5,7-8H2,1-2H3. The quantitative estimate of drug-likeness (QED) is 0.772. The van der Waals surface area contributed by atoms with Crippen molar-refractivity contribution in [3.63, 3.8) is 0 Å². The zero-order valence-corrected chi connectivity index (χ0v) is 11.8. The van der Waals surface area contributed by atoms with Gasteiger partial charge >= 0.3 is 0 Å². The normalized spacial score (nSPS) is 16.1. The van der Waals surface area contributed by atoms with Crippen LogP contribution in [0.4, 0.5) is 0 Å². The van der Waals surface area contributed by atoms with Gasteiger partial charge in [-0.25, -0.2) is 13.1 Å². The van der Waals surface area contributed by atoms with E-state index in [4.69, 9.17) is 0 Å². The molecule has 0 bridgehead atoms. The second-order valence-electron chi connectivity index (χ2n) is 4.85. The Labute approximate surface area is 109 Å². The van der Waals surface area contributed by atoms with Crippen molar-refractivity contribution in [1.29, 1.82) is 0 Å². The van der Waals surface area contributed by atoms with Gasteiger partial charge in [0.05, 0.1) is 4.90 Å². The molecule has 2 rings (SSSR count). The Balaban J connectivity index is 2.06. The summed E-state index contributed by atoms with van der Waals surface area (Å²) < 4.78 is 28.6. The number of aromatic nitrogens is 1. The van der Waals surface area contributed by atoms with Crippen molar-refractivity contribution >= 4 is 10.0 Å². The summed E-state index contributed by atoms with van der Waals surface area (Å²) >= 11 is 0. The van der Waals surface area contributed by atoms with E-state index in [2.05, 4.69) is 10.0 Å². The Morgan fingerprint density at radius 3 is 2.78 bits per heavy atom. The van der Waals surface area contributed by atoms with Gasteiger partial charge in [0, 0.05) is 32.0 Å². The SMILES string of the molecule is CCNCc1cc(S(=O)(=O)NCC2CC2)cn1C. The van der Waals surface area contributed by atoms with E-state index >= 15 is 0 Å². The maximum Gasteiger partial charge on any atom is 0.242 e. The monoisotopic (exact) mass is 271 g/mol. The number of nitrogens with zero attached hydrogens (tertiary/aromatic N) is 1. The first kappa shape index (κ1) is 13.6. The molecule has 6 heteroatoms. The molecule has 0 radical (unpaired) electrons. The van der Waals surface area contributed by atoms with Gasteiger partial charge in [-0.15, -0.1) is 0 Å². The van der Waals surface area contributed by atoms with Crippen molar-refractivity contribution in [3.8, 4) is 0 Å². The molecular weight excluding hydrogens is 250 g/mol. The minimum atomic E-state index is -3.34. The molecule has 1 fully saturated rings. The van der Waals surface area contributed by atoms with Crippen molar-refractivity contribution in [3.05, 3.63) is 18.0 Å². The fourth-order valence-electron chi connectivity index (χ4n) is 1.79. The van der Waals surface area contributed by atoms with E-state index in [1.165, 1.54) is 0 Å². The maximum atomic E-state index is 12.1. The van der Waals surface area contributed by atoms with Gasteiger partial charge in [0.15, 0.2) is 0 Å². The van der Waals surface area contributed by atoms with Gasteiger partial charge < -0.3 is 9.88 Å². The first-order valence-corrected chi connectivity index (χ1v) is 7.87. The van der Waals surface area contributed by atoms with E-state index in [9.17, 15) is 8.42 Å². The largest absolute Gasteiger partial charge is 0.352 e. The van der Waals surface area contributed by atoms with E-state index in [0.29, 0.717) is 23.9 Å². The third kappa shape index (κ3) is 3.34. The number of sulfonamides is 1. The lowest BCUT2D eigenvalue weighted by molar-refractivity contribution is 0.577. The summed E-state index contributed by atoms with van der Waals surface area (Å²) in [6.45, 7) is 4.15. The van der Waals surface area contributed by atoms with E-state index < -0.39 is 10.0 Å². The van der Waals surface area contributed by atoms with Crippen molar-refractivity contribution in [2.45, 2.75) is 31.2 Å². The fourth-order valence-corrected chi connectivity index (χ4v) is 3.00. The topological polar surface area (TPSA) is 63.1 Å². The molecule has 0 spiro atoms. The highest BCUT2D eigenvalue weighted by Gasteiger charge is 2.25. The predicted molar refractivity (Wildman–Crippen MR) is 70.7 cm³/mol. The van der Waals surface area contributed by atoms with E-state index in [1.807, 2.05) is 18.5 Å². The van der Waals surface area contributed by atoms with Crippen molar-refractivity contribution in [2.75, 3.05) is 13.1 Å². The van der Waals surface area contributed by atoms with E-state index in [-0.39, 0.29) is 0 Å². The molecule has 0 unspecified atom stereocenters. The lowest BCUT2D eigenvalue weighted by atomic mass is 10.4. The third-order valence-corrected chi connectivity index (χ3v) is 4.60. The van der Waals surface area contributed by atoms with Gasteiger partial charge in [0.2, 0.25) is 10.0 Å². The Bertz CT molecular complexity index is 503. The minimum absolute atomic E-state index is 0.360. The molecule has 1 saturated carbocycles. The summed E-state index contributed by atoms with van der Waals surface area (Å²) in [6, 6.07) is 1.73. The van der Waals surface area contributed by atoms with E-state index in [1.54, 1.807) is 12.3 Å². The molecule has 0 aromatic carbocycles. The Morgan fingerprint density at radius 1 is 1.44 bits per heavy atom. The van der Waals surface area contributed by atoms with Gasteiger partial charge in [0.25, 0.3) is 0 Å². The lowest BCUT2D eigenvalue weighted by Gasteiger charge is -2.02. The second-order valence-corrected chi connectivity index (χ2v) is 6.62. The van der Waals surface area contributed by atoms with Crippen molar-refractivity contribution < 1.29 is 8.42 Å². The number of aryl methyl sites for hydroxylation is 1. The van der Waals surface area contributed by atoms with Gasteiger partial charge in [-0.1, -0.05) is 6.92 Å². The molecule has 1 aromatic heterocycles. The Hall–Kier alpha value is -0.850. The molecule has 2 N–H and O–H groups in total. The summed E-state index contributed by atoms with van der Waals surface area (Å²) in [5.74, 6) is 0.546. The van der Waals surface area contributed by atoms with Crippen LogP contribution in [0.1, 0.15) is 25.5 Å². The van der Waals surface area contributed by atoms with Gasteiger partial charge in [-0.05, 0) is 31.4 Å². The summed E-state index contributed by atoms with van der Waals surface area (Å²) in [7, 11) is -1.47. The summed E-state index contributed by atoms with van der Waals surface area (Å²) in [5, 5.41) is 3.19. The van der Waals surface area contributed by atoms with Crippen LogP contribution >= 0.6 is 0 Å². The molecule has 5 nitrogen and oxygen atoms in total. The van der Waals surface area contributed by atoms with Crippen molar-refractivity contribution in [2.24, 2.45) is 13.0 Å². The van der Waals surface area contributed by atoms with Crippen LogP contribution in [0.25, 0.3) is 0 Å². The highest BCUT2D eigenvalue weighted by Crippen LogP contribution is 2.28. The number of rotatable bonds is 7. The average Bonchev–Trinajstić information content (AvgIpc) is 3.08. The zero-order chi connectivity index (χ0) is 13.2. The van der Waals surface area contributed by atoms with Crippen LogP contribution in [-0.4, -0.2) is 26.1 Å². The van der Waals surface area contributed by atoms with Crippen LogP contribution in [0, 0.1) is 5.92 Å². The van der Waals surface area contributed by atoms with Crippen LogP contribution in [-0.2, 0) is 23.6 Å². The zero-order valence-electron chi connectivity index (χ0n) is 10.9. The molecule has 1 aromatic rings. The molecule has 1 aliphatic carbocycles. The third-order valence-electron chi connectivity index (χ3n) is 3.21. The molecule has 1 heterocycles. The second kappa shape index (κ2) is 5.42.